The molecule has 1 unspecified atom stereocenters. The maximum Gasteiger partial charge on any atom is 0.407 e. The molecule has 184 valence electrons. The Morgan fingerprint density at radius 2 is 1.35 bits per heavy atom. The highest BCUT2D eigenvalue weighted by molar-refractivity contribution is 5.67. The number of unbranched alkanes of at least 4 members (excludes halogenated alkanes) is 15. The lowest BCUT2D eigenvalue weighted by Gasteiger charge is -2.34. The normalized spacial score (nSPS) is 18.8. The van der Waals surface area contributed by atoms with Crippen LogP contribution in [0.15, 0.2) is 0 Å². The van der Waals surface area contributed by atoms with Crippen molar-refractivity contribution in [1.82, 2.24) is 5.32 Å². The van der Waals surface area contributed by atoms with Crippen LogP contribution in [-0.2, 0) is 9.47 Å². The fraction of sp³-hybridized carbons (Fsp3) is 0.962. The summed E-state index contributed by atoms with van der Waals surface area (Å²) in [5.74, 6) is 0. The summed E-state index contributed by atoms with van der Waals surface area (Å²) in [6.07, 6.45) is 23.9. The second-order valence-electron chi connectivity index (χ2n) is 9.45. The maximum atomic E-state index is 11.8. The van der Waals surface area contributed by atoms with Gasteiger partial charge in [0.25, 0.3) is 0 Å². The third kappa shape index (κ3) is 15.6. The molecule has 31 heavy (non-hydrogen) atoms. The summed E-state index contributed by atoms with van der Waals surface area (Å²) in [5, 5.41) is 12.4. The average molecular weight is 442 g/mol. The Balaban J connectivity index is 1.79. The number of aliphatic hydroxyl groups is 1. The topological polar surface area (TPSA) is 67.8 Å². The Labute approximate surface area is 192 Å². The van der Waals surface area contributed by atoms with Crippen LogP contribution in [0.25, 0.3) is 0 Å². The minimum Gasteiger partial charge on any atom is -0.446 e. The third-order valence-corrected chi connectivity index (χ3v) is 6.49. The van der Waals surface area contributed by atoms with E-state index >= 15 is 0 Å². The fourth-order valence-corrected chi connectivity index (χ4v) is 4.31. The van der Waals surface area contributed by atoms with Crippen molar-refractivity contribution in [2.45, 2.75) is 135 Å². The molecule has 1 aliphatic heterocycles. The van der Waals surface area contributed by atoms with Gasteiger partial charge in [0.05, 0.1) is 6.61 Å². The van der Waals surface area contributed by atoms with Gasteiger partial charge in [-0.2, -0.15) is 0 Å². The van der Waals surface area contributed by atoms with Gasteiger partial charge in [-0.3, -0.25) is 0 Å². The number of nitrogens with one attached hydrogen (secondary N) is 1. The zero-order chi connectivity index (χ0) is 22.5. The predicted molar refractivity (Wildman–Crippen MR) is 129 cm³/mol. The lowest BCUT2D eigenvalue weighted by atomic mass is 9.96. The highest BCUT2D eigenvalue weighted by atomic mass is 16.6. The Hall–Kier alpha value is -0.810. The second-order valence-corrected chi connectivity index (χ2v) is 9.45. The first kappa shape index (κ1) is 28.2. The lowest BCUT2D eigenvalue weighted by molar-refractivity contribution is -0.133. The van der Waals surface area contributed by atoms with Gasteiger partial charge in [-0.05, 0) is 25.7 Å². The van der Waals surface area contributed by atoms with Gasteiger partial charge in [0.1, 0.15) is 12.2 Å². The molecule has 0 bridgehead atoms. The van der Waals surface area contributed by atoms with Crippen molar-refractivity contribution in [1.29, 1.82) is 0 Å². The van der Waals surface area contributed by atoms with Crippen LogP contribution >= 0.6 is 0 Å². The van der Waals surface area contributed by atoms with Crippen molar-refractivity contribution in [3.8, 4) is 0 Å². The molecule has 1 atom stereocenters. The van der Waals surface area contributed by atoms with Crippen molar-refractivity contribution in [2.75, 3.05) is 26.4 Å². The highest BCUT2D eigenvalue weighted by Gasteiger charge is 2.34. The molecule has 0 aromatic heterocycles. The molecule has 0 saturated carbocycles. The van der Waals surface area contributed by atoms with E-state index in [2.05, 4.69) is 12.2 Å². The van der Waals surface area contributed by atoms with Crippen molar-refractivity contribution in [3.05, 3.63) is 0 Å². The highest BCUT2D eigenvalue weighted by Crippen LogP contribution is 2.24. The van der Waals surface area contributed by atoms with E-state index in [9.17, 15) is 9.90 Å². The standard InChI is InChI=1S/C26H51NO4/c1-2-3-4-5-6-7-8-9-10-11-12-13-14-15-16-18-21-27-25(29)30-24-26(23-28)20-17-19-22-31-26/h28H,2-24H2,1H3,(H,27,29). The van der Waals surface area contributed by atoms with Crippen LogP contribution in [0.5, 0.6) is 0 Å². The first-order valence-corrected chi connectivity index (χ1v) is 13.4. The van der Waals surface area contributed by atoms with Crippen LogP contribution in [0.4, 0.5) is 4.79 Å². The number of hydrogen-bond acceptors (Lipinski definition) is 4. The number of carbonyl (C=O) groups excluding carboxylic acids is 1. The molecule has 1 heterocycles. The number of alkyl carbamates (subject to hydrolysis) is 1. The molecule has 0 aliphatic carbocycles. The molecule has 1 amide bonds. The minimum atomic E-state index is -0.691. The zero-order valence-electron chi connectivity index (χ0n) is 20.4. The summed E-state index contributed by atoms with van der Waals surface area (Å²) in [7, 11) is 0. The summed E-state index contributed by atoms with van der Waals surface area (Å²) < 4.78 is 10.9. The van der Waals surface area contributed by atoms with Crippen LogP contribution in [0.1, 0.15) is 129 Å². The van der Waals surface area contributed by atoms with Crippen LogP contribution in [0.3, 0.4) is 0 Å². The summed E-state index contributed by atoms with van der Waals surface area (Å²) in [6.45, 7) is 3.60. The summed E-state index contributed by atoms with van der Waals surface area (Å²) in [4.78, 5) is 11.8. The molecular weight excluding hydrogens is 390 g/mol. The van der Waals surface area contributed by atoms with Crippen molar-refractivity contribution < 1.29 is 19.4 Å². The monoisotopic (exact) mass is 441 g/mol. The van der Waals surface area contributed by atoms with Crippen LogP contribution in [-0.4, -0.2) is 43.2 Å². The van der Waals surface area contributed by atoms with Crippen molar-refractivity contribution >= 4 is 6.09 Å². The number of carbonyl (C=O) groups is 1. The van der Waals surface area contributed by atoms with Crippen LogP contribution in [0, 0.1) is 0 Å². The molecule has 1 fully saturated rings. The van der Waals surface area contributed by atoms with Gasteiger partial charge in [-0.25, -0.2) is 4.79 Å². The summed E-state index contributed by atoms with van der Waals surface area (Å²) in [6, 6.07) is 0. The van der Waals surface area contributed by atoms with E-state index in [0.29, 0.717) is 13.2 Å². The first-order valence-electron chi connectivity index (χ1n) is 13.4. The molecule has 0 aromatic carbocycles. The fourth-order valence-electron chi connectivity index (χ4n) is 4.31. The Kier molecular flexibility index (Phi) is 18.1. The smallest absolute Gasteiger partial charge is 0.407 e. The van der Waals surface area contributed by atoms with Gasteiger partial charge in [-0.1, -0.05) is 103 Å². The first-order chi connectivity index (χ1) is 15.2. The predicted octanol–water partition coefficient (Wildman–Crippen LogP) is 6.91. The SMILES string of the molecule is CCCCCCCCCCCCCCCCCCNC(=O)OCC1(CO)CCCCO1. The van der Waals surface area contributed by atoms with E-state index in [-0.39, 0.29) is 13.2 Å². The second kappa shape index (κ2) is 19.8. The number of amides is 1. The lowest BCUT2D eigenvalue weighted by Crippen LogP contribution is -2.45. The number of rotatable bonds is 20. The van der Waals surface area contributed by atoms with Gasteiger partial charge in [0, 0.05) is 13.2 Å². The molecule has 0 aromatic rings. The molecular formula is C26H51NO4. The van der Waals surface area contributed by atoms with Gasteiger partial charge in [-0.15, -0.1) is 0 Å². The van der Waals surface area contributed by atoms with Gasteiger partial charge in [0.15, 0.2) is 0 Å². The average Bonchev–Trinajstić information content (AvgIpc) is 2.80. The van der Waals surface area contributed by atoms with E-state index in [1.165, 1.54) is 89.9 Å². The summed E-state index contributed by atoms with van der Waals surface area (Å²) >= 11 is 0. The molecule has 5 nitrogen and oxygen atoms in total. The Morgan fingerprint density at radius 3 is 1.81 bits per heavy atom. The summed E-state index contributed by atoms with van der Waals surface area (Å²) in [5.41, 5.74) is -0.691. The number of ether oxygens (including phenoxy) is 2. The molecule has 0 spiro atoms. The number of aliphatic hydroxyl groups excluding tert-OH is 1. The van der Waals surface area contributed by atoms with Gasteiger partial charge >= 0.3 is 6.09 Å². The van der Waals surface area contributed by atoms with Crippen LogP contribution in [0.2, 0.25) is 0 Å². The van der Waals surface area contributed by atoms with Crippen molar-refractivity contribution in [2.24, 2.45) is 0 Å². The number of hydrogen-bond donors (Lipinski definition) is 2. The molecule has 0 radical (unpaired) electrons. The van der Waals surface area contributed by atoms with Crippen molar-refractivity contribution in [3.63, 3.8) is 0 Å². The van der Waals surface area contributed by atoms with E-state index in [0.717, 1.165) is 32.1 Å². The zero-order valence-corrected chi connectivity index (χ0v) is 20.4. The van der Waals surface area contributed by atoms with E-state index < -0.39 is 11.7 Å². The maximum absolute atomic E-state index is 11.8. The van der Waals surface area contributed by atoms with E-state index in [1.54, 1.807) is 0 Å². The quantitative estimate of drug-likeness (QED) is 0.201. The van der Waals surface area contributed by atoms with Gasteiger partial charge in [0.2, 0.25) is 0 Å². The molecule has 1 aliphatic rings. The van der Waals surface area contributed by atoms with E-state index in [4.69, 9.17) is 9.47 Å². The minimum absolute atomic E-state index is 0.0978. The molecule has 1 saturated heterocycles. The van der Waals surface area contributed by atoms with Crippen LogP contribution < -0.4 is 5.32 Å². The Bertz CT molecular complexity index is 410. The largest absolute Gasteiger partial charge is 0.446 e. The van der Waals surface area contributed by atoms with Gasteiger partial charge < -0.3 is 19.9 Å². The molecule has 2 N–H and O–H groups in total. The Morgan fingerprint density at radius 1 is 0.839 bits per heavy atom. The molecule has 1 rings (SSSR count). The molecule has 5 heteroatoms. The van der Waals surface area contributed by atoms with E-state index in [1.807, 2.05) is 0 Å². The third-order valence-electron chi connectivity index (χ3n) is 6.49.